The Morgan fingerprint density at radius 2 is 2.10 bits per heavy atom. The van der Waals surface area contributed by atoms with E-state index in [0.29, 0.717) is 12.5 Å². The number of likely N-dealkylation sites (N-methyl/N-ethyl adjacent to an activating group) is 1. The Balaban J connectivity index is 2.01. The molecule has 1 aliphatic rings. The van der Waals surface area contributed by atoms with Crippen molar-refractivity contribution >= 4 is 5.91 Å². The highest BCUT2D eigenvalue weighted by molar-refractivity contribution is 5.79. The summed E-state index contributed by atoms with van der Waals surface area (Å²) in [4.78, 5) is 21.0. The van der Waals surface area contributed by atoms with Gasteiger partial charge in [0.1, 0.15) is 0 Å². The maximum atomic E-state index is 12.8. The number of nitrogens with zero attached hydrogens (tertiary/aromatic N) is 3. The van der Waals surface area contributed by atoms with Gasteiger partial charge in [-0.2, -0.15) is 0 Å². The lowest BCUT2D eigenvalue weighted by atomic mass is 9.96. The molecule has 1 amide bonds. The first-order chi connectivity index (χ1) is 10.2. The molecule has 0 atom stereocenters. The van der Waals surface area contributed by atoms with Crippen molar-refractivity contribution < 1.29 is 4.79 Å². The van der Waals surface area contributed by atoms with Gasteiger partial charge in [-0.05, 0) is 51.7 Å². The van der Waals surface area contributed by atoms with E-state index in [1.807, 2.05) is 37.3 Å². The summed E-state index contributed by atoms with van der Waals surface area (Å²) in [6.07, 6.45) is 5.51. The zero-order chi connectivity index (χ0) is 15.1. The van der Waals surface area contributed by atoms with E-state index in [0.717, 1.165) is 44.6 Å². The minimum absolute atomic E-state index is 0.171. The highest BCUT2D eigenvalue weighted by atomic mass is 16.2. The Kier molecular flexibility index (Phi) is 6.14. The molecule has 116 valence electrons. The predicted octanol–water partition coefficient (Wildman–Crippen LogP) is 0.971. The van der Waals surface area contributed by atoms with Crippen LogP contribution in [-0.2, 0) is 11.3 Å². The Bertz CT molecular complexity index is 429. The van der Waals surface area contributed by atoms with Gasteiger partial charge in [-0.25, -0.2) is 0 Å². The Morgan fingerprint density at radius 1 is 1.33 bits per heavy atom. The van der Waals surface area contributed by atoms with Gasteiger partial charge in [-0.3, -0.25) is 9.78 Å². The molecule has 21 heavy (non-hydrogen) atoms. The van der Waals surface area contributed by atoms with Crippen molar-refractivity contribution in [2.24, 2.45) is 5.92 Å². The first-order valence-corrected chi connectivity index (χ1v) is 7.70. The quantitative estimate of drug-likeness (QED) is 0.848. The van der Waals surface area contributed by atoms with E-state index in [1.165, 1.54) is 0 Å². The molecule has 0 saturated carbocycles. The van der Waals surface area contributed by atoms with Gasteiger partial charge in [0.25, 0.3) is 0 Å². The van der Waals surface area contributed by atoms with Gasteiger partial charge in [0, 0.05) is 37.9 Å². The third kappa shape index (κ3) is 5.10. The number of pyridine rings is 1. The highest BCUT2D eigenvalue weighted by Crippen LogP contribution is 2.17. The van der Waals surface area contributed by atoms with Crippen LogP contribution in [0.25, 0.3) is 0 Å². The van der Waals surface area contributed by atoms with Crippen LogP contribution in [0.2, 0.25) is 0 Å². The summed E-state index contributed by atoms with van der Waals surface area (Å²) in [5, 5.41) is 3.32. The number of nitrogens with one attached hydrogen (secondary N) is 1. The average Bonchev–Trinajstić information content (AvgIpc) is 2.52. The molecule has 0 bridgehead atoms. The van der Waals surface area contributed by atoms with E-state index in [-0.39, 0.29) is 5.92 Å². The predicted molar refractivity (Wildman–Crippen MR) is 83.8 cm³/mol. The molecule has 1 saturated heterocycles. The molecule has 0 unspecified atom stereocenters. The van der Waals surface area contributed by atoms with Crippen molar-refractivity contribution in [2.45, 2.75) is 19.4 Å². The van der Waals surface area contributed by atoms with Crippen molar-refractivity contribution in [3.8, 4) is 0 Å². The van der Waals surface area contributed by atoms with Crippen molar-refractivity contribution in [3.63, 3.8) is 0 Å². The maximum absolute atomic E-state index is 12.8. The lowest BCUT2D eigenvalue weighted by Gasteiger charge is -2.30. The first kappa shape index (κ1) is 15.9. The van der Waals surface area contributed by atoms with E-state index < -0.39 is 0 Å². The number of aromatic nitrogens is 1. The standard InChI is InChI=1S/C16H26N4O/c1-19(2)10-11-20(13-14-4-3-7-18-12-14)16(21)15-5-8-17-9-6-15/h3-4,7,12,15,17H,5-6,8-11,13H2,1-2H3. The first-order valence-electron chi connectivity index (χ1n) is 7.70. The summed E-state index contributed by atoms with van der Waals surface area (Å²) in [6, 6.07) is 3.96. The molecule has 0 aromatic carbocycles. The number of piperidine rings is 1. The number of carbonyl (C=O) groups excluding carboxylic acids is 1. The van der Waals surface area contributed by atoms with Crippen LogP contribution in [-0.4, -0.2) is 61.0 Å². The fraction of sp³-hybridized carbons (Fsp3) is 0.625. The maximum Gasteiger partial charge on any atom is 0.226 e. The van der Waals surface area contributed by atoms with Crippen molar-refractivity contribution in [3.05, 3.63) is 30.1 Å². The average molecular weight is 290 g/mol. The second-order valence-electron chi connectivity index (χ2n) is 5.95. The third-order valence-corrected chi connectivity index (χ3v) is 3.91. The number of carbonyl (C=O) groups is 1. The molecule has 1 aliphatic heterocycles. The second kappa shape index (κ2) is 8.10. The van der Waals surface area contributed by atoms with Crippen molar-refractivity contribution in [2.75, 3.05) is 40.3 Å². The molecule has 1 fully saturated rings. The number of amides is 1. The molecule has 1 aromatic rings. The van der Waals surface area contributed by atoms with E-state index >= 15 is 0 Å². The van der Waals surface area contributed by atoms with Crippen LogP contribution in [0.1, 0.15) is 18.4 Å². The lowest BCUT2D eigenvalue weighted by molar-refractivity contribution is -0.137. The molecular formula is C16H26N4O. The van der Waals surface area contributed by atoms with Crippen LogP contribution in [0.3, 0.4) is 0 Å². The van der Waals surface area contributed by atoms with Crippen LogP contribution in [0, 0.1) is 5.92 Å². The largest absolute Gasteiger partial charge is 0.337 e. The number of hydrogen-bond acceptors (Lipinski definition) is 4. The molecule has 0 spiro atoms. The number of rotatable bonds is 6. The second-order valence-corrected chi connectivity index (χ2v) is 5.95. The van der Waals surface area contributed by atoms with Gasteiger partial charge in [-0.15, -0.1) is 0 Å². The van der Waals surface area contributed by atoms with Gasteiger partial charge >= 0.3 is 0 Å². The van der Waals surface area contributed by atoms with Crippen molar-refractivity contribution in [1.82, 2.24) is 20.1 Å². The molecule has 2 rings (SSSR count). The van der Waals surface area contributed by atoms with E-state index in [9.17, 15) is 4.79 Å². The summed E-state index contributed by atoms with van der Waals surface area (Å²) >= 11 is 0. The van der Waals surface area contributed by atoms with Gasteiger partial charge < -0.3 is 15.1 Å². The fourth-order valence-electron chi connectivity index (χ4n) is 2.63. The zero-order valence-electron chi connectivity index (χ0n) is 13.1. The molecule has 2 heterocycles. The monoisotopic (exact) mass is 290 g/mol. The molecule has 5 nitrogen and oxygen atoms in total. The van der Waals surface area contributed by atoms with Gasteiger partial charge in [0.2, 0.25) is 5.91 Å². The summed E-state index contributed by atoms with van der Waals surface area (Å²) in [5.41, 5.74) is 1.10. The summed E-state index contributed by atoms with van der Waals surface area (Å²) < 4.78 is 0. The summed E-state index contributed by atoms with van der Waals surface area (Å²) in [7, 11) is 4.08. The molecular weight excluding hydrogens is 264 g/mol. The number of hydrogen-bond donors (Lipinski definition) is 1. The Morgan fingerprint density at radius 3 is 2.71 bits per heavy atom. The third-order valence-electron chi connectivity index (χ3n) is 3.91. The highest BCUT2D eigenvalue weighted by Gasteiger charge is 2.25. The minimum atomic E-state index is 0.171. The van der Waals surface area contributed by atoms with Crippen LogP contribution in [0.4, 0.5) is 0 Å². The van der Waals surface area contributed by atoms with E-state index in [1.54, 1.807) is 6.20 Å². The molecule has 1 aromatic heterocycles. The van der Waals surface area contributed by atoms with Crippen LogP contribution >= 0.6 is 0 Å². The van der Waals surface area contributed by atoms with Gasteiger partial charge in [-0.1, -0.05) is 6.07 Å². The van der Waals surface area contributed by atoms with Crippen LogP contribution in [0.15, 0.2) is 24.5 Å². The van der Waals surface area contributed by atoms with E-state index in [4.69, 9.17) is 0 Å². The molecule has 0 radical (unpaired) electrons. The smallest absolute Gasteiger partial charge is 0.226 e. The van der Waals surface area contributed by atoms with Crippen LogP contribution in [0.5, 0.6) is 0 Å². The topological polar surface area (TPSA) is 48.5 Å². The zero-order valence-corrected chi connectivity index (χ0v) is 13.1. The summed E-state index contributed by atoms with van der Waals surface area (Å²) in [5.74, 6) is 0.465. The fourth-order valence-corrected chi connectivity index (χ4v) is 2.63. The van der Waals surface area contributed by atoms with Gasteiger partial charge in [0.05, 0.1) is 0 Å². The minimum Gasteiger partial charge on any atom is -0.337 e. The molecule has 0 aliphatic carbocycles. The lowest BCUT2D eigenvalue weighted by Crippen LogP contribution is -2.43. The van der Waals surface area contributed by atoms with E-state index in [2.05, 4.69) is 15.2 Å². The molecule has 5 heteroatoms. The van der Waals surface area contributed by atoms with Gasteiger partial charge in [0.15, 0.2) is 0 Å². The Hall–Kier alpha value is -1.46. The summed E-state index contributed by atoms with van der Waals surface area (Å²) in [6.45, 7) is 4.21. The van der Waals surface area contributed by atoms with Crippen molar-refractivity contribution in [1.29, 1.82) is 0 Å². The Labute approximate surface area is 127 Å². The SMILES string of the molecule is CN(C)CCN(Cc1cccnc1)C(=O)C1CCNCC1. The van der Waals surface area contributed by atoms with Crippen LogP contribution < -0.4 is 5.32 Å². The molecule has 1 N–H and O–H groups in total. The normalized spacial score (nSPS) is 16.1.